The van der Waals surface area contributed by atoms with Crippen molar-refractivity contribution in [3.8, 4) is 0 Å². The van der Waals surface area contributed by atoms with E-state index in [0.29, 0.717) is 11.4 Å². The molecule has 4 rings (SSSR count). The first-order valence-electron chi connectivity index (χ1n) is 11.0. The third-order valence-electron chi connectivity index (χ3n) is 6.83. The summed E-state index contributed by atoms with van der Waals surface area (Å²) in [6, 6.07) is 13.0. The number of anilines is 2. The largest absolute Gasteiger partial charge is 0.481 e. The zero-order valence-corrected chi connectivity index (χ0v) is 19.6. The Morgan fingerprint density at radius 3 is 2.12 bits per heavy atom. The maximum absolute atomic E-state index is 13.1. The summed E-state index contributed by atoms with van der Waals surface area (Å²) in [5, 5.41) is 12.6. The summed E-state index contributed by atoms with van der Waals surface area (Å²) in [6.07, 6.45) is 1.61. The van der Waals surface area contributed by atoms with Crippen LogP contribution in [0.25, 0.3) is 0 Å². The lowest BCUT2D eigenvalue weighted by Gasteiger charge is -2.26. The van der Waals surface area contributed by atoms with Crippen molar-refractivity contribution in [2.24, 2.45) is 23.7 Å². The number of hydrogen-bond donors (Lipinski definition) is 3. The highest BCUT2D eigenvalue weighted by Gasteiger charge is 2.57. The summed E-state index contributed by atoms with van der Waals surface area (Å²) in [7, 11) is -3.79. The molecule has 8 heteroatoms. The number of amides is 1. The number of para-hydroxylation sites is 1. The molecule has 4 atom stereocenters. The Morgan fingerprint density at radius 2 is 1.55 bits per heavy atom. The monoisotopic (exact) mass is 468 g/mol. The maximum atomic E-state index is 13.1. The number of aryl methyl sites for hydroxylation is 1. The lowest BCUT2D eigenvalue weighted by atomic mass is 9.78. The molecule has 0 aliphatic heterocycles. The van der Waals surface area contributed by atoms with E-state index in [9.17, 15) is 23.1 Å². The van der Waals surface area contributed by atoms with Gasteiger partial charge in [-0.25, -0.2) is 8.42 Å². The smallest absolute Gasteiger partial charge is 0.307 e. The van der Waals surface area contributed by atoms with Gasteiger partial charge in [-0.3, -0.25) is 14.3 Å². The highest BCUT2D eigenvalue weighted by molar-refractivity contribution is 7.92. The number of benzene rings is 2. The fraction of sp³-hybridized carbons (Fsp3) is 0.360. The van der Waals surface area contributed by atoms with Crippen LogP contribution in [-0.4, -0.2) is 25.4 Å². The molecule has 2 saturated carbocycles. The molecule has 0 spiro atoms. The Kier molecular flexibility index (Phi) is 6.05. The van der Waals surface area contributed by atoms with Crippen LogP contribution in [-0.2, 0) is 19.6 Å². The fourth-order valence-corrected chi connectivity index (χ4v) is 6.57. The average Bonchev–Trinajstić information content (AvgIpc) is 3.32. The van der Waals surface area contributed by atoms with Crippen LogP contribution in [0.2, 0.25) is 0 Å². The van der Waals surface area contributed by atoms with E-state index < -0.39 is 27.8 Å². The van der Waals surface area contributed by atoms with Gasteiger partial charge in [0.05, 0.1) is 22.4 Å². The summed E-state index contributed by atoms with van der Waals surface area (Å²) in [6.45, 7) is 5.77. The first kappa shape index (κ1) is 23.0. The van der Waals surface area contributed by atoms with Crippen LogP contribution < -0.4 is 10.0 Å². The predicted octanol–water partition coefficient (Wildman–Crippen LogP) is 4.43. The second kappa shape index (κ2) is 8.67. The number of sulfonamides is 1. The van der Waals surface area contributed by atoms with Crippen LogP contribution in [0.15, 0.2) is 64.6 Å². The first-order chi connectivity index (χ1) is 15.6. The van der Waals surface area contributed by atoms with Gasteiger partial charge >= 0.3 is 5.97 Å². The highest BCUT2D eigenvalue weighted by atomic mass is 32.2. The molecule has 0 unspecified atom stereocenters. The van der Waals surface area contributed by atoms with E-state index in [1.165, 1.54) is 24.3 Å². The second-order valence-electron chi connectivity index (χ2n) is 9.07. The molecular formula is C25H28N2O5S. The molecule has 2 fully saturated rings. The van der Waals surface area contributed by atoms with Gasteiger partial charge < -0.3 is 10.4 Å². The van der Waals surface area contributed by atoms with Gasteiger partial charge in [-0.15, -0.1) is 0 Å². The molecule has 2 aromatic rings. The van der Waals surface area contributed by atoms with Crippen molar-refractivity contribution in [3.63, 3.8) is 0 Å². The van der Waals surface area contributed by atoms with E-state index in [4.69, 9.17) is 0 Å². The summed E-state index contributed by atoms with van der Waals surface area (Å²) >= 11 is 0. The SMILES string of the molecule is CC(C)=C1[C@H]2CC[C@H]1[C@@H](C(=O)O)[C@H]2C(=O)Nc1ccc(S(=O)(=O)Nc2ccccc2C)cc1. The Labute approximate surface area is 194 Å². The zero-order valence-electron chi connectivity index (χ0n) is 18.8. The number of carboxylic acids is 1. The van der Waals surface area contributed by atoms with Crippen molar-refractivity contribution in [1.29, 1.82) is 0 Å². The number of carbonyl (C=O) groups is 2. The summed E-state index contributed by atoms with van der Waals surface area (Å²) in [4.78, 5) is 25.2. The number of carboxylic acid groups (broad SMARTS) is 1. The quantitative estimate of drug-likeness (QED) is 0.543. The van der Waals surface area contributed by atoms with E-state index in [1.807, 2.05) is 32.9 Å². The van der Waals surface area contributed by atoms with Crippen LogP contribution in [0.5, 0.6) is 0 Å². The molecule has 2 bridgehead atoms. The van der Waals surface area contributed by atoms with Crippen LogP contribution >= 0.6 is 0 Å². The Balaban J connectivity index is 1.51. The molecular weight excluding hydrogens is 440 g/mol. The standard InChI is InChI=1S/C25H28N2O5S/c1-14(2)21-18-12-13-19(21)23(25(29)30)22(18)24(28)26-16-8-10-17(11-9-16)33(31,32)27-20-7-5-4-6-15(20)3/h4-11,18-19,22-23,27H,12-13H2,1-3H3,(H,26,28)(H,29,30)/t18-,19-,22+,23-/m1/s1. The topological polar surface area (TPSA) is 113 Å². The van der Waals surface area contributed by atoms with Crippen LogP contribution in [0, 0.1) is 30.6 Å². The Bertz CT molecular complexity index is 1230. The van der Waals surface area contributed by atoms with E-state index in [2.05, 4.69) is 10.0 Å². The first-order valence-corrected chi connectivity index (χ1v) is 12.5. The third-order valence-corrected chi connectivity index (χ3v) is 8.21. The molecule has 2 aliphatic rings. The average molecular weight is 469 g/mol. The van der Waals surface area contributed by atoms with Crippen molar-refractivity contribution in [1.82, 2.24) is 0 Å². The van der Waals surface area contributed by atoms with Crippen molar-refractivity contribution < 1.29 is 23.1 Å². The fourth-order valence-electron chi connectivity index (χ4n) is 5.44. The number of fused-ring (bicyclic) bond motifs is 2. The van der Waals surface area contributed by atoms with E-state index in [1.54, 1.807) is 12.1 Å². The summed E-state index contributed by atoms with van der Waals surface area (Å²) in [5.41, 5.74) is 3.95. The number of allylic oxidation sites excluding steroid dienone is 2. The van der Waals surface area contributed by atoms with Crippen LogP contribution in [0.1, 0.15) is 32.3 Å². The summed E-state index contributed by atoms with van der Waals surface area (Å²) < 4.78 is 28.0. The number of nitrogens with one attached hydrogen (secondary N) is 2. The van der Waals surface area contributed by atoms with Crippen molar-refractivity contribution in [2.45, 2.75) is 38.5 Å². The highest BCUT2D eigenvalue weighted by Crippen LogP contribution is 2.57. The Hall–Kier alpha value is -3.13. The number of hydrogen-bond acceptors (Lipinski definition) is 4. The lowest BCUT2D eigenvalue weighted by Crippen LogP contribution is -2.37. The van der Waals surface area contributed by atoms with Gasteiger partial charge in [-0.1, -0.05) is 29.3 Å². The van der Waals surface area contributed by atoms with Gasteiger partial charge in [0.2, 0.25) is 5.91 Å². The van der Waals surface area contributed by atoms with Crippen LogP contribution in [0.4, 0.5) is 11.4 Å². The zero-order chi connectivity index (χ0) is 23.9. The van der Waals surface area contributed by atoms with Gasteiger partial charge in [0.1, 0.15) is 0 Å². The molecule has 0 aromatic heterocycles. The molecule has 7 nitrogen and oxygen atoms in total. The molecule has 2 aliphatic carbocycles. The normalized spacial score (nSPS) is 23.9. The van der Waals surface area contributed by atoms with Gasteiger partial charge in [0.15, 0.2) is 0 Å². The maximum Gasteiger partial charge on any atom is 0.307 e. The van der Waals surface area contributed by atoms with E-state index in [-0.39, 0.29) is 22.6 Å². The molecule has 0 heterocycles. The molecule has 3 N–H and O–H groups in total. The molecule has 0 radical (unpaired) electrons. The number of aliphatic carboxylic acids is 1. The van der Waals surface area contributed by atoms with E-state index >= 15 is 0 Å². The molecule has 174 valence electrons. The summed E-state index contributed by atoms with van der Waals surface area (Å²) in [5.74, 6) is -2.77. The minimum Gasteiger partial charge on any atom is -0.481 e. The Morgan fingerprint density at radius 1 is 0.939 bits per heavy atom. The number of carbonyl (C=O) groups excluding carboxylic acids is 1. The van der Waals surface area contributed by atoms with Crippen molar-refractivity contribution >= 4 is 33.3 Å². The third kappa shape index (κ3) is 4.27. The predicted molar refractivity (Wildman–Crippen MR) is 126 cm³/mol. The van der Waals surface area contributed by atoms with Crippen LogP contribution in [0.3, 0.4) is 0 Å². The molecule has 2 aromatic carbocycles. The van der Waals surface area contributed by atoms with Crippen molar-refractivity contribution in [2.75, 3.05) is 10.0 Å². The van der Waals surface area contributed by atoms with Gasteiger partial charge in [-0.2, -0.15) is 0 Å². The number of rotatable bonds is 6. The minimum atomic E-state index is -3.79. The minimum absolute atomic E-state index is 0.0564. The molecule has 1 amide bonds. The van der Waals surface area contributed by atoms with Gasteiger partial charge in [-0.05, 0) is 81.3 Å². The van der Waals surface area contributed by atoms with Gasteiger partial charge in [0.25, 0.3) is 10.0 Å². The van der Waals surface area contributed by atoms with Crippen molar-refractivity contribution in [3.05, 3.63) is 65.2 Å². The second-order valence-corrected chi connectivity index (χ2v) is 10.8. The van der Waals surface area contributed by atoms with E-state index in [0.717, 1.165) is 29.6 Å². The molecule has 33 heavy (non-hydrogen) atoms. The van der Waals surface area contributed by atoms with Gasteiger partial charge in [0, 0.05) is 5.69 Å². The lowest BCUT2D eigenvalue weighted by molar-refractivity contribution is -0.148. The molecule has 0 saturated heterocycles.